The van der Waals surface area contributed by atoms with Crippen LogP contribution in [0.3, 0.4) is 0 Å². The number of aromatic nitrogens is 1. The smallest absolute Gasteiger partial charge is 0.0340 e. The van der Waals surface area contributed by atoms with Gasteiger partial charge in [0.05, 0.1) is 0 Å². The molecule has 1 N–H and O–H groups in total. The summed E-state index contributed by atoms with van der Waals surface area (Å²) in [7, 11) is 0. The SMILES string of the molecule is C(=C\c1cccnc1)/CNCC1CCC1. The average molecular weight is 202 g/mol. The van der Waals surface area contributed by atoms with Crippen molar-refractivity contribution in [1.82, 2.24) is 10.3 Å². The topological polar surface area (TPSA) is 24.9 Å². The van der Waals surface area contributed by atoms with Gasteiger partial charge < -0.3 is 5.32 Å². The van der Waals surface area contributed by atoms with Crippen molar-refractivity contribution in [2.24, 2.45) is 5.92 Å². The molecule has 2 nitrogen and oxygen atoms in total. The van der Waals surface area contributed by atoms with E-state index in [1.54, 1.807) is 6.20 Å². The Hall–Kier alpha value is -1.15. The molecule has 2 rings (SSSR count). The third-order valence-electron chi connectivity index (χ3n) is 2.91. The molecule has 0 saturated heterocycles. The molecule has 1 fully saturated rings. The lowest BCUT2D eigenvalue weighted by Gasteiger charge is -2.25. The summed E-state index contributed by atoms with van der Waals surface area (Å²) >= 11 is 0. The maximum atomic E-state index is 4.06. The van der Waals surface area contributed by atoms with E-state index < -0.39 is 0 Å². The monoisotopic (exact) mass is 202 g/mol. The molecule has 0 aromatic carbocycles. The summed E-state index contributed by atoms with van der Waals surface area (Å²) in [5, 5.41) is 3.45. The van der Waals surface area contributed by atoms with E-state index in [1.165, 1.54) is 31.4 Å². The van der Waals surface area contributed by atoms with Gasteiger partial charge in [0, 0.05) is 18.9 Å². The normalized spacial score (nSPS) is 16.8. The molecular weight excluding hydrogens is 184 g/mol. The highest BCUT2D eigenvalue weighted by Crippen LogP contribution is 2.24. The molecule has 0 bridgehead atoms. The Bertz CT molecular complexity index is 302. The fourth-order valence-electron chi connectivity index (χ4n) is 1.74. The van der Waals surface area contributed by atoms with Crippen molar-refractivity contribution in [3.8, 4) is 0 Å². The molecule has 1 aliphatic rings. The Morgan fingerprint density at radius 3 is 3.07 bits per heavy atom. The first-order chi connectivity index (χ1) is 7.45. The van der Waals surface area contributed by atoms with Crippen molar-refractivity contribution in [3.05, 3.63) is 36.2 Å². The van der Waals surface area contributed by atoms with Crippen molar-refractivity contribution in [3.63, 3.8) is 0 Å². The molecule has 80 valence electrons. The predicted octanol–water partition coefficient (Wildman–Crippen LogP) is 2.48. The number of nitrogens with one attached hydrogen (secondary N) is 1. The highest BCUT2D eigenvalue weighted by atomic mass is 14.8. The van der Waals surface area contributed by atoms with Gasteiger partial charge >= 0.3 is 0 Å². The maximum Gasteiger partial charge on any atom is 0.0340 e. The van der Waals surface area contributed by atoms with E-state index in [4.69, 9.17) is 0 Å². The Morgan fingerprint density at radius 2 is 2.40 bits per heavy atom. The van der Waals surface area contributed by atoms with Crippen LogP contribution in [0.2, 0.25) is 0 Å². The Labute approximate surface area is 91.4 Å². The van der Waals surface area contributed by atoms with Gasteiger partial charge in [-0.3, -0.25) is 4.98 Å². The van der Waals surface area contributed by atoms with Gasteiger partial charge in [-0.05, 0) is 36.9 Å². The van der Waals surface area contributed by atoms with Gasteiger partial charge in [0.1, 0.15) is 0 Å². The molecule has 1 heterocycles. The van der Waals surface area contributed by atoms with Crippen molar-refractivity contribution in [1.29, 1.82) is 0 Å². The highest BCUT2D eigenvalue weighted by molar-refractivity contribution is 5.47. The second-order valence-corrected chi connectivity index (χ2v) is 4.14. The summed E-state index contributed by atoms with van der Waals surface area (Å²) in [4.78, 5) is 4.06. The van der Waals surface area contributed by atoms with Gasteiger partial charge in [-0.15, -0.1) is 0 Å². The molecule has 0 amide bonds. The standard InChI is InChI=1S/C13H18N2/c1-4-12(5-1)10-14-8-2-6-13-7-3-9-15-11-13/h2-3,6-7,9,11-12,14H,1,4-5,8,10H2/b6-2+. The van der Waals surface area contributed by atoms with Crippen LogP contribution in [0.1, 0.15) is 24.8 Å². The summed E-state index contributed by atoms with van der Waals surface area (Å²) in [5.41, 5.74) is 1.17. The molecule has 2 heteroatoms. The van der Waals surface area contributed by atoms with Crippen molar-refractivity contribution in [2.45, 2.75) is 19.3 Å². The zero-order valence-corrected chi connectivity index (χ0v) is 9.02. The van der Waals surface area contributed by atoms with Crippen molar-refractivity contribution in [2.75, 3.05) is 13.1 Å². The number of pyridine rings is 1. The molecular formula is C13H18N2. The van der Waals surface area contributed by atoms with Crippen molar-refractivity contribution >= 4 is 6.08 Å². The molecule has 0 aliphatic heterocycles. The second-order valence-electron chi connectivity index (χ2n) is 4.14. The van der Waals surface area contributed by atoms with Gasteiger partial charge in [0.25, 0.3) is 0 Å². The quantitative estimate of drug-likeness (QED) is 0.742. The van der Waals surface area contributed by atoms with Crippen LogP contribution in [-0.4, -0.2) is 18.1 Å². The number of hydrogen-bond donors (Lipinski definition) is 1. The molecule has 1 saturated carbocycles. The Kier molecular flexibility index (Phi) is 3.92. The zero-order chi connectivity index (χ0) is 10.3. The van der Waals surface area contributed by atoms with Gasteiger partial charge in [-0.25, -0.2) is 0 Å². The van der Waals surface area contributed by atoms with E-state index in [1.807, 2.05) is 12.3 Å². The Balaban J connectivity index is 1.62. The summed E-state index contributed by atoms with van der Waals surface area (Å²) in [5.74, 6) is 0.941. The average Bonchev–Trinajstić information content (AvgIpc) is 2.22. The van der Waals surface area contributed by atoms with E-state index in [2.05, 4.69) is 28.5 Å². The fourth-order valence-corrected chi connectivity index (χ4v) is 1.74. The van der Waals surface area contributed by atoms with E-state index in [-0.39, 0.29) is 0 Å². The van der Waals surface area contributed by atoms with E-state index in [0.717, 1.165) is 12.5 Å². The number of nitrogens with zero attached hydrogens (tertiary/aromatic N) is 1. The first-order valence-electron chi connectivity index (χ1n) is 5.72. The fraction of sp³-hybridized carbons (Fsp3) is 0.462. The van der Waals surface area contributed by atoms with Crippen LogP contribution in [-0.2, 0) is 0 Å². The largest absolute Gasteiger partial charge is 0.313 e. The molecule has 1 aliphatic carbocycles. The van der Waals surface area contributed by atoms with E-state index >= 15 is 0 Å². The molecule has 15 heavy (non-hydrogen) atoms. The summed E-state index contributed by atoms with van der Waals surface area (Å²) < 4.78 is 0. The minimum absolute atomic E-state index is 0.941. The van der Waals surface area contributed by atoms with Crippen LogP contribution in [0.4, 0.5) is 0 Å². The third kappa shape index (κ3) is 3.48. The summed E-state index contributed by atoms with van der Waals surface area (Å²) in [6, 6.07) is 4.02. The molecule has 0 radical (unpaired) electrons. The van der Waals surface area contributed by atoms with Crippen LogP contribution in [0.25, 0.3) is 6.08 Å². The maximum absolute atomic E-state index is 4.06. The molecule has 0 spiro atoms. The van der Waals surface area contributed by atoms with Crippen LogP contribution >= 0.6 is 0 Å². The first kappa shape index (κ1) is 10.4. The van der Waals surface area contributed by atoms with Gasteiger partial charge in [0.2, 0.25) is 0 Å². The summed E-state index contributed by atoms with van der Waals surface area (Å²) in [6.07, 6.45) is 12.2. The van der Waals surface area contributed by atoms with Crippen LogP contribution < -0.4 is 5.32 Å². The third-order valence-corrected chi connectivity index (χ3v) is 2.91. The van der Waals surface area contributed by atoms with Gasteiger partial charge in [-0.1, -0.05) is 24.6 Å². The van der Waals surface area contributed by atoms with Gasteiger partial charge in [0.15, 0.2) is 0 Å². The van der Waals surface area contributed by atoms with E-state index in [9.17, 15) is 0 Å². The minimum Gasteiger partial charge on any atom is -0.313 e. The lowest BCUT2D eigenvalue weighted by Crippen LogP contribution is -2.27. The van der Waals surface area contributed by atoms with Crippen LogP contribution in [0, 0.1) is 5.92 Å². The second kappa shape index (κ2) is 5.66. The predicted molar refractivity (Wildman–Crippen MR) is 63.5 cm³/mol. The lowest BCUT2D eigenvalue weighted by atomic mass is 9.85. The number of hydrogen-bond acceptors (Lipinski definition) is 2. The highest BCUT2D eigenvalue weighted by Gasteiger charge is 2.15. The summed E-state index contributed by atoms with van der Waals surface area (Å²) in [6.45, 7) is 2.14. The van der Waals surface area contributed by atoms with Gasteiger partial charge in [-0.2, -0.15) is 0 Å². The van der Waals surface area contributed by atoms with Crippen LogP contribution in [0.15, 0.2) is 30.6 Å². The Morgan fingerprint density at radius 1 is 1.47 bits per heavy atom. The minimum atomic E-state index is 0.941. The first-order valence-corrected chi connectivity index (χ1v) is 5.72. The molecule has 0 unspecified atom stereocenters. The van der Waals surface area contributed by atoms with Crippen LogP contribution in [0.5, 0.6) is 0 Å². The number of rotatable bonds is 5. The lowest BCUT2D eigenvalue weighted by molar-refractivity contribution is 0.306. The van der Waals surface area contributed by atoms with E-state index in [0.29, 0.717) is 0 Å². The zero-order valence-electron chi connectivity index (χ0n) is 9.02. The molecule has 1 aromatic heterocycles. The molecule has 1 aromatic rings. The van der Waals surface area contributed by atoms with Crippen molar-refractivity contribution < 1.29 is 0 Å². The molecule has 0 atom stereocenters.